The van der Waals surface area contributed by atoms with E-state index < -0.39 is 0 Å². The van der Waals surface area contributed by atoms with Crippen molar-refractivity contribution in [2.24, 2.45) is 11.8 Å². The summed E-state index contributed by atoms with van der Waals surface area (Å²) in [6, 6.07) is 0. The van der Waals surface area contributed by atoms with Gasteiger partial charge in [-0.05, 0) is 44.4 Å². The van der Waals surface area contributed by atoms with Gasteiger partial charge in [0.05, 0.1) is 0 Å². The quantitative estimate of drug-likeness (QED) is 0.503. The molecule has 0 heterocycles. The lowest BCUT2D eigenvalue weighted by Gasteiger charge is -2.30. The number of allylic oxidation sites excluding steroid dienone is 2. The second-order valence-corrected chi connectivity index (χ2v) is 5.37. The van der Waals surface area contributed by atoms with Crippen LogP contribution in [0.5, 0.6) is 0 Å². The van der Waals surface area contributed by atoms with Crippen LogP contribution < -0.4 is 0 Å². The molecule has 0 saturated heterocycles. The van der Waals surface area contributed by atoms with E-state index in [1.165, 1.54) is 57.8 Å². The van der Waals surface area contributed by atoms with Gasteiger partial charge < -0.3 is 0 Å². The highest BCUT2D eigenvalue weighted by Crippen LogP contribution is 2.36. The fraction of sp³-hybridized carbons (Fsp3) is 0.875. The Morgan fingerprint density at radius 3 is 2.38 bits per heavy atom. The maximum Gasteiger partial charge on any atom is -0.0201 e. The third kappa shape index (κ3) is 3.96. The smallest absolute Gasteiger partial charge is 0.0201 e. The largest absolute Gasteiger partial charge is 0.0879 e. The molecule has 1 rings (SSSR count). The first-order valence-electron chi connectivity index (χ1n) is 7.49. The molecule has 0 aromatic carbocycles. The zero-order chi connectivity index (χ0) is 11.8. The lowest BCUT2D eigenvalue weighted by atomic mass is 9.76. The summed E-state index contributed by atoms with van der Waals surface area (Å²) in [6.07, 6.45) is 15.3. The Labute approximate surface area is 103 Å². The SMILES string of the molecule is CC=C(C(CC)CCCC)C1CCCCC1. The minimum atomic E-state index is 0.882. The molecule has 0 bridgehead atoms. The molecule has 0 nitrogen and oxygen atoms in total. The molecule has 94 valence electrons. The van der Waals surface area contributed by atoms with Crippen molar-refractivity contribution in [2.45, 2.75) is 78.6 Å². The molecule has 1 aliphatic rings. The molecular formula is C16H30. The molecule has 0 amide bonds. The molecule has 16 heavy (non-hydrogen) atoms. The van der Waals surface area contributed by atoms with E-state index in [-0.39, 0.29) is 0 Å². The molecule has 1 atom stereocenters. The van der Waals surface area contributed by atoms with E-state index in [0.29, 0.717) is 0 Å². The standard InChI is InChI=1S/C16H30/c1-4-7-11-14(5-2)16(6-3)15-12-9-8-10-13-15/h6,14-15H,4-5,7-13H2,1-3H3. The Bertz CT molecular complexity index is 196. The van der Waals surface area contributed by atoms with E-state index in [0.717, 1.165) is 11.8 Å². The first-order chi connectivity index (χ1) is 7.83. The van der Waals surface area contributed by atoms with Gasteiger partial charge >= 0.3 is 0 Å². The minimum Gasteiger partial charge on any atom is -0.0879 e. The Morgan fingerprint density at radius 2 is 1.88 bits per heavy atom. The molecular weight excluding hydrogens is 192 g/mol. The van der Waals surface area contributed by atoms with Crippen molar-refractivity contribution in [3.05, 3.63) is 11.6 Å². The second kappa shape index (κ2) is 7.92. The summed E-state index contributed by atoms with van der Waals surface area (Å²) < 4.78 is 0. The molecule has 1 aliphatic carbocycles. The van der Waals surface area contributed by atoms with E-state index in [1.54, 1.807) is 5.57 Å². The molecule has 0 aliphatic heterocycles. The van der Waals surface area contributed by atoms with Gasteiger partial charge in [-0.15, -0.1) is 0 Å². The maximum atomic E-state index is 2.44. The summed E-state index contributed by atoms with van der Waals surface area (Å²) in [5.74, 6) is 1.81. The van der Waals surface area contributed by atoms with E-state index in [4.69, 9.17) is 0 Å². The Morgan fingerprint density at radius 1 is 1.19 bits per heavy atom. The summed E-state index contributed by atoms with van der Waals surface area (Å²) in [4.78, 5) is 0. The Balaban J connectivity index is 2.55. The summed E-state index contributed by atoms with van der Waals surface area (Å²) in [5.41, 5.74) is 1.80. The second-order valence-electron chi connectivity index (χ2n) is 5.37. The van der Waals surface area contributed by atoms with Gasteiger partial charge in [0.1, 0.15) is 0 Å². The van der Waals surface area contributed by atoms with Crippen LogP contribution in [0.4, 0.5) is 0 Å². The summed E-state index contributed by atoms with van der Waals surface area (Å²) in [6.45, 7) is 6.94. The summed E-state index contributed by atoms with van der Waals surface area (Å²) in [7, 11) is 0. The molecule has 0 spiro atoms. The van der Waals surface area contributed by atoms with Crippen LogP contribution in [-0.2, 0) is 0 Å². The minimum absolute atomic E-state index is 0.882. The Kier molecular flexibility index (Phi) is 6.84. The number of unbranched alkanes of at least 4 members (excludes halogenated alkanes) is 1. The topological polar surface area (TPSA) is 0 Å². The van der Waals surface area contributed by atoms with Crippen molar-refractivity contribution < 1.29 is 0 Å². The van der Waals surface area contributed by atoms with Gasteiger partial charge in [0.2, 0.25) is 0 Å². The van der Waals surface area contributed by atoms with Crippen LogP contribution in [0.2, 0.25) is 0 Å². The molecule has 0 heteroatoms. The van der Waals surface area contributed by atoms with Crippen molar-refractivity contribution >= 4 is 0 Å². The molecule has 0 aromatic rings. The normalized spacial score (nSPS) is 21.1. The van der Waals surface area contributed by atoms with Crippen LogP contribution >= 0.6 is 0 Å². The fourth-order valence-electron chi connectivity index (χ4n) is 3.30. The number of hydrogen-bond donors (Lipinski definition) is 0. The van der Waals surface area contributed by atoms with Gasteiger partial charge in [-0.1, -0.05) is 57.6 Å². The van der Waals surface area contributed by atoms with Gasteiger partial charge in [-0.25, -0.2) is 0 Å². The molecule has 0 radical (unpaired) electrons. The van der Waals surface area contributed by atoms with Crippen LogP contribution in [-0.4, -0.2) is 0 Å². The summed E-state index contributed by atoms with van der Waals surface area (Å²) in [5, 5.41) is 0. The van der Waals surface area contributed by atoms with E-state index in [2.05, 4.69) is 26.8 Å². The molecule has 1 fully saturated rings. The van der Waals surface area contributed by atoms with Crippen LogP contribution in [0.25, 0.3) is 0 Å². The van der Waals surface area contributed by atoms with E-state index in [9.17, 15) is 0 Å². The number of hydrogen-bond acceptors (Lipinski definition) is 0. The van der Waals surface area contributed by atoms with Crippen molar-refractivity contribution in [3.8, 4) is 0 Å². The van der Waals surface area contributed by atoms with Gasteiger partial charge in [0.15, 0.2) is 0 Å². The first-order valence-corrected chi connectivity index (χ1v) is 7.49. The van der Waals surface area contributed by atoms with Crippen molar-refractivity contribution in [1.82, 2.24) is 0 Å². The molecule has 1 unspecified atom stereocenters. The van der Waals surface area contributed by atoms with Crippen molar-refractivity contribution in [1.29, 1.82) is 0 Å². The van der Waals surface area contributed by atoms with Crippen LogP contribution in [0.15, 0.2) is 11.6 Å². The van der Waals surface area contributed by atoms with Gasteiger partial charge in [0.25, 0.3) is 0 Å². The van der Waals surface area contributed by atoms with Crippen molar-refractivity contribution in [3.63, 3.8) is 0 Å². The zero-order valence-corrected chi connectivity index (χ0v) is 11.6. The number of rotatable bonds is 6. The average molecular weight is 222 g/mol. The summed E-state index contributed by atoms with van der Waals surface area (Å²) >= 11 is 0. The maximum absolute atomic E-state index is 2.44. The fourth-order valence-corrected chi connectivity index (χ4v) is 3.30. The third-order valence-corrected chi connectivity index (χ3v) is 4.28. The Hall–Kier alpha value is -0.260. The van der Waals surface area contributed by atoms with Gasteiger partial charge in [-0.3, -0.25) is 0 Å². The van der Waals surface area contributed by atoms with Gasteiger partial charge in [0, 0.05) is 0 Å². The van der Waals surface area contributed by atoms with Crippen LogP contribution in [0, 0.1) is 11.8 Å². The average Bonchev–Trinajstić information content (AvgIpc) is 2.35. The highest BCUT2D eigenvalue weighted by Gasteiger charge is 2.22. The van der Waals surface area contributed by atoms with Gasteiger partial charge in [-0.2, -0.15) is 0 Å². The first kappa shape index (κ1) is 13.8. The van der Waals surface area contributed by atoms with Crippen molar-refractivity contribution in [2.75, 3.05) is 0 Å². The van der Waals surface area contributed by atoms with E-state index >= 15 is 0 Å². The molecule has 0 aromatic heterocycles. The highest BCUT2D eigenvalue weighted by atomic mass is 14.3. The predicted molar refractivity (Wildman–Crippen MR) is 73.6 cm³/mol. The monoisotopic (exact) mass is 222 g/mol. The highest BCUT2D eigenvalue weighted by molar-refractivity contribution is 5.10. The lowest BCUT2D eigenvalue weighted by molar-refractivity contribution is 0.356. The van der Waals surface area contributed by atoms with Crippen LogP contribution in [0.1, 0.15) is 78.6 Å². The molecule has 1 saturated carbocycles. The van der Waals surface area contributed by atoms with E-state index in [1.807, 2.05) is 0 Å². The molecule has 0 N–H and O–H groups in total. The lowest BCUT2D eigenvalue weighted by Crippen LogP contribution is -2.16. The third-order valence-electron chi connectivity index (χ3n) is 4.28. The van der Waals surface area contributed by atoms with Crippen LogP contribution in [0.3, 0.4) is 0 Å². The zero-order valence-electron chi connectivity index (χ0n) is 11.6. The predicted octanol–water partition coefficient (Wildman–Crippen LogP) is 5.73.